The van der Waals surface area contributed by atoms with E-state index in [1.807, 2.05) is 6.92 Å². The number of para-hydroxylation sites is 1. The summed E-state index contributed by atoms with van der Waals surface area (Å²) in [7, 11) is 0. The molecule has 0 saturated carbocycles. The molecule has 0 spiro atoms. The van der Waals surface area contributed by atoms with Crippen molar-refractivity contribution >= 4 is 17.3 Å². The summed E-state index contributed by atoms with van der Waals surface area (Å²) in [6.45, 7) is 6.29. The molecule has 0 saturated heterocycles. The van der Waals surface area contributed by atoms with Crippen molar-refractivity contribution in [3.8, 4) is 0 Å². The summed E-state index contributed by atoms with van der Waals surface area (Å²) in [4.78, 5) is 0. The molecule has 0 aliphatic heterocycles. The molecule has 1 N–H and O–H groups in total. The molecule has 0 amide bonds. The highest BCUT2D eigenvalue weighted by molar-refractivity contribution is 6.33. The molecule has 84 valence electrons. The van der Waals surface area contributed by atoms with Crippen LogP contribution in [0.25, 0.3) is 0 Å². The van der Waals surface area contributed by atoms with Gasteiger partial charge in [-0.3, -0.25) is 0 Å². The number of rotatable bonds is 4. The molecule has 1 rings (SSSR count). The third kappa shape index (κ3) is 3.10. The minimum atomic E-state index is -0.294. The number of hydrogen-bond acceptors (Lipinski definition) is 1. The van der Waals surface area contributed by atoms with E-state index in [9.17, 15) is 4.39 Å². The van der Waals surface area contributed by atoms with Crippen LogP contribution in [-0.2, 0) is 0 Å². The largest absolute Gasteiger partial charge is 0.379 e. The molecule has 1 aromatic rings. The van der Waals surface area contributed by atoms with Gasteiger partial charge in [-0.1, -0.05) is 37.9 Å². The van der Waals surface area contributed by atoms with E-state index in [1.165, 1.54) is 6.07 Å². The first-order valence-electron chi connectivity index (χ1n) is 5.26. The fourth-order valence-electron chi connectivity index (χ4n) is 1.36. The zero-order valence-electron chi connectivity index (χ0n) is 9.35. The first kappa shape index (κ1) is 12.3. The van der Waals surface area contributed by atoms with E-state index in [2.05, 4.69) is 19.2 Å². The molecule has 0 aliphatic rings. The smallest absolute Gasteiger partial charge is 0.147 e. The van der Waals surface area contributed by atoms with Gasteiger partial charge in [0.1, 0.15) is 5.82 Å². The second kappa shape index (κ2) is 5.36. The minimum Gasteiger partial charge on any atom is -0.379 e. The van der Waals surface area contributed by atoms with Gasteiger partial charge in [-0.2, -0.15) is 0 Å². The Hall–Kier alpha value is -0.760. The summed E-state index contributed by atoms with van der Waals surface area (Å²) in [6, 6.07) is 4.93. The average Bonchev–Trinajstić information content (AvgIpc) is 2.22. The molecule has 2 atom stereocenters. The van der Waals surface area contributed by atoms with Crippen LogP contribution in [0.3, 0.4) is 0 Å². The second-order valence-corrected chi connectivity index (χ2v) is 4.32. The van der Waals surface area contributed by atoms with E-state index in [4.69, 9.17) is 11.6 Å². The van der Waals surface area contributed by atoms with E-state index >= 15 is 0 Å². The van der Waals surface area contributed by atoms with Gasteiger partial charge in [0, 0.05) is 6.04 Å². The Morgan fingerprint density at radius 3 is 2.60 bits per heavy atom. The van der Waals surface area contributed by atoms with E-state index in [0.717, 1.165) is 6.42 Å². The minimum absolute atomic E-state index is 0.212. The normalized spacial score (nSPS) is 14.7. The SMILES string of the molecule is CCC(C)C(C)Nc1c(F)cccc1Cl. The second-order valence-electron chi connectivity index (χ2n) is 3.92. The average molecular weight is 230 g/mol. The quantitative estimate of drug-likeness (QED) is 0.811. The summed E-state index contributed by atoms with van der Waals surface area (Å²) in [5.74, 6) is 0.193. The standard InChI is InChI=1S/C12H17ClFN/c1-4-8(2)9(3)15-12-10(13)6-5-7-11(12)14/h5-9,15H,4H2,1-3H3. The molecule has 0 aliphatic carbocycles. The van der Waals surface area contributed by atoms with Crippen molar-refractivity contribution in [3.05, 3.63) is 29.0 Å². The van der Waals surface area contributed by atoms with Crippen LogP contribution in [0, 0.1) is 11.7 Å². The maximum atomic E-state index is 13.4. The fraction of sp³-hybridized carbons (Fsp3) is 0.500. The van der Waals surface area contributed by atoms with Crippen LogP contribution < -0.4 is 5.32 Å². The van der Waals surface area contributed by atoms with Gasteiger partial charge in [-0.15, -0.1) is 0 Å². The molecule has 0 aromatic heterocycles. The van der Waals surface area contributed by atoms with E-state index < -0.39 is 0 Å². The lowest BCUT2D eigenvalue weighted by atomic mass is 10.0. The maximum absolute atomic E-state index is 13.4. The van der Waals surface area contributed by atoms with Crippen LogP contribution in [0.1, 0.15) is 27.2 Å². The third-order valence-electron chi connectivity index (χ3n) is 2.83. The van der Waals surface area contributed by atoms with Crippen molar-refractivity contribution in [1.29, 1.82) is 0 Å². The summed E-state index contributed by atoms with van der Waals surface area (Å²) < 4.78 is 13.4. The predicted molar refractivity (Wildman–Crippen MR) is 63.9 cm³/mol. The lowest BCUT2D eigenvalue weighted by molar-refractivity contribution is 0.491. The molecular weight excluding hydrogens is 213 g/mol. The monoisotopic (exact) mass is 229 g/mol. The first-order chi connectivity index (χ1) is 7.06. The van der Waals surface area contributed by atoms with Gasteiger partial charge in [0.05, 0.1) is 10.7 Å². The van der Waals surface area contributed by atoms with Crippen molar-refractivity contribution in [2.45, 2.75) is 33.2 Å². The highest BCUT2D eigenvalue weighted by Crippen LogP contribution is 2.26. The number of benzene rings is 1. The lowest BCUT2D eigenvalue weighted by Gasteiger charge is -2.22. The van der Waals surface area contributed by atoms with Crippen molar-refractivity contribution in [2.24, 2.45) is 5.92 Å². The molecule has 15 heavy (non-hydrogen) atoms. The highest BCUT2D eigenvalue weighted by atomic mass is 35.5. The molecule has 2 unspecified atom stereocenters. The van der Waals surface area contributed by atoms with E-state index in [1.54, 1.807) is 12.1 Å². The number of hydrogen-bond donors (Lipinski definition) is 1. The van der Waals surface area contributed by atoms with E-state index in [0.29, 0.717) is 16.6 Å². The summed E-state index contributed by atoms with van der Waals surface area (Å²) >= 11 is 5.92. The Bertz CT molecular complexity index is 307. The Morgan fingerprint density at radius 1 is 1.40 bits per heavy atom. The molecular formula is C12H17ClFN. The van der Waals surface area contributed by atoms with Crippen LogP contribution in [0.5, 0.6) is 0 Å². The Morgan fingerprint density at radius 2 is 2.07 bits per heavy atom. The maximum Gasteiger partial charge on any atom is 0.147 e. The zero-order valence-corrected chi connectivity index (χ0v) is 10.1. The molecule has 0 heterocycles. The Labute approximate surface area is 95.6 Å². The summed E-state index contributed by atoms with van der Waals surface area (Å²) in [5.41, 5.74) is 0.409. The third-order valence-corrected chi connectivity index (χ3v) is 3.15. The van der Waals surface area contributed by atoms with Crippen LogP contribution >= 0.6 is 11.6 Å². The summed E-state index contributed by atoms with van der Waals surface area (Å²) in [6.07, 6.45) is 1.06. The molecule has 0 bridgehead atoms. The Kier molecular flexibility index (Phi) is 4.40. The first-order valence-corrected chi connectivity index (χ1v) is 5.64. The number of anilines is 1. The van der Waals surface area contributed by atoms with Crippen LogP contribution in [0.2, 0.25) is 5.02 Å². The van der Waals surface area contributed by atoms with Gasteiger partial charge in [-0.05, 0) is 25.0 Å². The van der Waals surface area contributed by atoms with Crippen LogP contribution in [0.15, 0.2) is 18.2 Å². The zero-order chi connectivity index (χ0) is 11.4. The van der Waals surface area contributed by atoms with Gasteiger partial charge in [0.2, 0.25) is 0 Å². The molecule has 0 radical (unpaired) electrons. The number of nitrogens with one attached hydrogen (secondary N) is 1. The molecule has 0 fully saturated rings. The van der Waals surface area contributed by atoms with Crippen LogP contribution in [0.4, 0.5) is 10.1 Å². The number of halogens is 2. The topological polar surface area (TPSA) is 12.0 Å². The van der Waals surface area contributed by atoms with Gasteiger partial charge in [-0.25, -0.2) is 4.39 Å². The molecule has 1 aromatic carbocycles. The summed E-state index contributed by atoms with van der Waals surface area (Å²) in [5, 5.41) is 3.56. The van der Waals surface area contributed by atoms with Crippen molar-refractivity contribution < 1.29 is 4.39 Å². The lowest BCUT2D eigenvalue weighted by Crippen LogP contribution is -2.23. The fourth-order valence-corrected chi connectivity index (χ4v) is 1.58. The predicted octanol–water partition coefficient (Wildman–Crippen LogP) is 4.33. The molecule has 1 nitrogen and oxygen atoms in total. The van der Waals surface area contributed by atoms with Gasteiger partial charge < -0.3 is 5.32 Å². The van der Waals surface area contributed by atoms with Crippen molar-refractivity contribution in [1.82, 2.24) is 0 Å². The van der Waals surface area contributed by atoms with E-state index in [-0.39, 0.29) is 11.9 Å². The van der Waals surface area contributed by atoms with Crippen LogP contribution in [-0.4, -0.2) is 6.04 Å². The van der Waals surface area contributed by atoms with Gasteiger partial charge in [0.15, 0.2) is 0 Å². The van der Waals surface area contributed by atoms with Gasteiger partial charge >= 0.3 is 0 Å². The van der Waals surface area contributed by atoms with Gasteiger partial charge in [0.25, 0.3) is 0 Å². The van der Waals surface area contributed by atoms with Crippen molar-refractivity contribution in [3.63, 3.8) is 0 Å². The van der Waals surface area contributed by atoms with Crippen molar-refractivity contribution in [2.75, 3.05) is 5.32 Å². The molecule has 3 heteroatoms. The highest BCUT2D eigenvalue weighted by Gasteiger charge is 2.13. The Balaban J connectivity index is 2.80.